The van der Waals surface area contributed by atoms with E-state index >= 15 is 0 Å². The van der Waals surface area contributed by atoms with Crippen molar-refractivity contribution in [2.45, 2.75) is 18.9 Å². The lowest BCUT2D eigenvalue weighted by Crippen LogP contribution is -2.41. The van der Waals surface area contributed by atoms with Crippen LogP contribution in [0.4, 0.5) is 13.2 Å². The zero-order valence-corrected chi connectivity index (χ0v) is 9.55. The van der Waals surface area contributed by atoms with Crippen molar-refractivity contribution in [2.75, 3.05) is 6.54 Å². The van der Waals surface area contributed by atoms with Gasteiger partial charge in [0, 0.05) is 6.04 Å². The third-order valence-electron chi connectivity index (χ3n) is 3.19. The molecule has 0 radical (unpaired) electrons. The van der Waals surface area contributed by atoms with Crippen LogP contribution >= 0.6 is 0 Å². The molecule has 0 bridgehead atoms. The maximum absolute atomic E-state index is 13.2. The van der Waals surface area contributed by atoms with E-state index in [1.807, 2.05) is 0 Å². The largest absolute Gasteiger partial charge is 0.369 e. The predicted octanol–water partition coefficient (Wildman–Crippen LogP) is 1.63. The summed E-state index contributed by atoms with van der Waals surface area (Å²) in [5.74, 6) is -5.10. The van der Waals surface area contributed by atoms with E-state index in [1.165, 1.54) is 0 Å². The summed E-state index contributed by atoms with van der Waals surface area (Å²) in [5, 5.41) is 2.98. The third kappa shape index (κ3) is 2.33. The minimum Gasteiger partial charge on any atom is -0.369 e. The van der Waals surface area contributed by atoms with E-state index in [0.29, 0.717) is 13.0 Å². The van der Waals surface area contributed by atoms with Crippen LogP contribution in [0.1, 0.15) is 24.4 Å². The Morgan fingerprint density at radius 2 is 1.89 bits per heavy atom. The quantitative estimate of drug-likeness (QED) is 0.792. The van der Waals surface area contributed by atoms with Gasteiger partial charge in [-0.25, -0.2) is 13.2 Å². The molecule has 1 heterocycles. The summed E-state index contributed by atoms with van der Waals surface area (Å²) in [6, 6.07) is 1.23. The van der Waals surface area contributed by atoms with Gasteiger partial charge < -0.3 is 11.1 Å². The Bertz CT molecular complexity index is 455. The molecule has 1 aromatic carbocycles. The van der Waals surface area contributed by atoms with Crippen LogP contribution in [0.3, 0.4) is 0 Å². The van der Waals surface area contributed by atoms with Crippen molar-refractivity contribution in [1.29, 1.82) is 0 Å². The second-order valence-corrected chi connectivity index (χ2v) is 4.38. The fourth-order valence-corrected chi connectivity index (χ4v) is 2.30. The monoisotopic (exact) mass is 258 g/mol. The Kier molecular flexibility index (Phi) is 3.56. The van der Waals surface area contributed by atoms with Crippen LogP contribution in [0.5, 0.6) is 0 Å². The fourth-order valence-electron chi connectivity index (χ4n) is 2.30. The maximum atomic E-state index is 13.2. The maximum Gasteiger partial charge on any atom is 0.222 e. The lowest BCUT2D eigenvalue weighted by atomic mass is 9.85. The molecule has 98 valence electrons. The van der Waals surface area contributed by atoms with Gasteiger partial charge in [-0.3, -0.25) is 4.79 Å². The third-order valence-corrected chi connectivity index (χ3v) is 3.19. The van der Waals surface area contributed by atoms with E-state index < -0.39 is 35.3 Å². The molecular formula is C12H13F3N2O. The number of nitrogens with two attached hydrogens (primary N) is 1. The molecule has 1 aromatic rings. The van der Waals surface area contributed by atoms with Crippen LogP contribution in [-0.2, 0) is 4.79 Å². The SMILES string of the molecule is NC(=O)C1CCCNC1c1cc(F)c(F)c(F)c1. The molecule has 0 saturated carbocycles. The molecule has 2 rings (SSSR count). The van der Waals surface area contributed by atoms with E-state index in [-0.39, 0.29) is 5.56 Å². The van der Waals surface area contributed by atoms with Crippen molar-refractivity contribution in [3.05, 3.63) is 35.1 Å². The molecular weight excluding hydrogens is 245 g/mol. The summed E-state index contributed by atoms with van der Waals surface area (Å²) >= 11 is 0. The number of rotatable bonds is 2. The van der Waals surface area contributed by atoms with Crippen molar-refractivity contribution < 1.29 is 18.0 Å². The number of hydrogen-bond acceptors (Lipinski definition) is 2. The molecule has 18 heavy (non-hydrogen) atoms. The molecule has 1 saturated heterocycles. The van der Waals surface area contributed by atoms with Crippen molar-refractivity contribution in [1.82, 2.24) is 5.32 Å². The van der Waals surface area contributed by atoms with Crippen LogP contribution in [0.15, 0.2) is 12.1 Å². The molecule has 2 atom stereocenters. The summed E-state index contributed by atoms with van der Waals surface area (Å²) in [5.41, 5.74) is 5.46. The second kappa shape index (κ2) is 4.97. The minimum atomic E-state index is -1.51. The van der Waals surface area contributed by atoms with Crippen LogP contribution in [0.25, 0.3) is 0 Å². The topological polar surface area (TPSA) is 55.1 Å². The van der Waals surface area contributed by atoms with Gasteiger partial charge in [0.1, 0.15) is 0 Å². The van der Waals surface area contributed by atoms with Crippen molar-refractivity contribution in [2.24, 2.45) is 11.7 Å². The van der Waals surface area contributed by atoms with Gasteiger partial charge in [0.2, 0.25) is 5.91 Å². The Morgan fingerprint density at radius 1 is 1.28 bits per heavy atom. The number of benzene rings is 1. The summed E-state index contributed by atoms with van der Waals surface area (Å²) in [6.45, 7) is 0.620. The first kappa shape index (κ1) is 12.9. The Labute approximate surface area is 102 Å². The summed E-state index contributed by atoms with van der Waals surface area (Å²) in [7, 11) is 0. The highest BCUT2D eigenvalue weighted by Gasteiger charge is 2.31. The molecule has 0 spiro atoms. The second-order valence-electron chi connectivity index (χ2n) is 4.38. The summed E-state index contributed by atoms with van der Waals surface area (Å²) < 4.78 is 39.2. The fraction of sp³-hybridized carbons (Fsp3) is 0.417. The molecule has 0 aliphatic carbocycles. The van der Waals surface area contributed by atoms with Gasteiger partial charge in [0.15, 0.2) is 17.5 Å². The molecule has 2 unspecified atom stereocenters. The highest BCUT2D eigenvalue weighted by Crippen LogP contribution is 2.30. The van der Waals surface area contributed by atoms with E-state index in [2.05, 4.69) is 5.32 Å². The normalized spacial score (nSPS) is 23.9. The number of halogens is 3. The van der Waals surface area contributed by atoms with Gasteiger partial charge in [-0.15, -0.1) is 0 Å². The number of carbonyl (C=O) groups excluding carboxylic acids is 1. The first-order valence-corrected chi connectivity index (χ1v) is 5.68. The number of carbonyl (C=O) groups is 1. The van der Waals surface area contributed by atoms with Gasteiger partial charge in [-0.05, 0) is 37.1 Å². The molecule has 0 aromatic heterocycles. The van der Waals surface area contributed by atoms with Crippen LogP contribution in [-0.4, -0.2) is 12.5 Å². The van der Waals surface area contributed by atoms with Crippen LogP contribution < -0.4 is 11.1 Å². The lowest BCUT2D eigenvalue weighted by molar-refractivity contribution is -0.123. The molecule has 1 amide bonds. The van der Waals surface area contributed by atoms with Crippen LogP contribution in [0, 0.1) is 23.4 Å². The number of nitrogens with one attached hydrogen (secondary N) is 1. The first-order valence-electron chi connectivity index (χ1n) is 5.68. The molecule has 1 aliphatic rings. The number of primary amides is 1. The summed E-state index contributed by atoms with van der Waals surface area (Å²) in [4.78, 5) is 11.3. The number of amides is 1. The first-order chi connectivity index (χ1) is 8.50. The van der Waals surface area contributed by atoms with Gasteiger partial charge >= 0.3 is 0 Å². The molecule has 1 fully saturated rings. The lowest BCUT2D eigenvalue weighted by Gasteiger charge is -2.31. The Hall–Kier alpha value is -1.56. The molecule has 3 nitrogen and oxygen atoms in total. The van der Waals surface area contributed by atoms with Gasteiger partial charge in [0.25, 0.3) is 0 Å². The van der Waals surface area contributed by atoms with Gasteiger partial charge in [-0.1, -0.05) is 0 Å². The van der Waals surface area contributed by atoms with Gasteiger partial charge in [-0.2, -0.15) is 0 Å². The standard InChI is InChI=1S/C12H13F3N2O/c13-8-4-6(5-9(14)10(8)15)11-7(12(16)18)2-1-3-17-11/h4-5,7,11,17H,1-3H2,(H2,16,18). The highest BCUT2D eigenvalue weighted by molar-refractivity contribution is 5.77. The van der Waals surface area contributed by atoms with Crippen molar-refractivity contribution >= 4 is 5.91 Å². The Morgan fingerprint density at radius 3 is 2.44 bits per heavy atom. The van der Waals surface area contributed by atoms with Gasteiger partial charge in [0.05, 0.1) is 5.92 Å². The number of hydrogen-bond donors (Lipinski definition) is 2. The molecule has 3 N–H and O–H groups in total. The van der Waals surface area contributed by atoms with E-state index in [4.69, 9.17) is 5.73 Å². The minimum absolute atomic E-state index is 0.204. The van der Waals surface area contributed by atoms with E-state index in [0.717, 1.165) is 18.6 Å². The average molecular weight is 258 g/mol. The molecule has 6 heteroatoms. The molecule has 1 aliphatic heterocycles. The smallest absolute Gasteiger partial charge is 0.222 e. The van der Waals surface area contributed by atoms with E-state index in [9.17, 15) is 18.0 Å². The Balaban J connectivity index is 2.37. The zero-order chi connectivity index (χ0) is 13.3. The van der Waals surface area contributed by atoms with E-state index in [1.54, 1.807) is 0 Å². The van der Waals surface area contributed by atoms with Crippen molar-refractivity contribution in [3.63, 3.8) is 0 Å². The zero-order valence-electron chi connectivity index (χ0n) is 9.55. The average Bonchev–Trinajstić information content (AvgIpc) is 2.35. The number of piperidine rings is 1. The van der Waals surface area contributed by atoms with Crippen molar-refractivity contribution in [3.8, 4) is 0 Å². The predicted molar refractivity (Wildman–Crippen MR) is 59.0 cm³/mol. The van der Waals surface area contributed by atoms with Crippen LogP contribution in [0.2, 0.25) is 0 Å². The highest BCUT2D eigenvalue weighted by atomic mass is 19.2. The summed E-state index contributed by atoms with van der Waals surface area (Å²) in [6.07, 6.45) is 1.31.